The van der Waals surface area contributed by atoms with Crippen LogP contribution in [0, 0.1) is 13.8 Å². The van der Waals surface area contributed by atoms with E-state index in [1.807, 2.05) is 38.1 Å². The van der Waals surface area contributed by atoms with E-state index in [1.165, 1.54) is 6.20 Å². The number of amides is 2. The van der Waals surface area contributed by atoms with Crippen LogP contribution in [0.5, 0.6) is 0 Å². The van der Waals surface area contributed by atoms with Crippen molar-refractivity contribution in [2.24, 2.45) is 0 Å². The van der Waals surface area contributed by atoms with Crippen molar-refractivity contribution < 1.29 is 9.59 Å². The summed E-state index contributed by atoms with van der Waals surface area (Å²) < 4.78 is 3.17. The normalized spacial score (nSPS) is 10.6. The van der Waals surface area contributed by atoms with E-state index in [1.54, 1.807) is 21.6 Å². The molecule has 2 N–H and O–H groups in total. The molecule has 0 aliphatic rings. The molecular weight excluding hydrogens is 368 g/mol. The van der Waals surface area contributed by atoms with Crippen LogP contribution in [0.4, 0.5) is 0 Å². The summed E-state index contributed by atoms with van der Waals surface area (Å²) in [6.07, 6.45) is 3.02. The van der Waals surface area contributed by atoms with E-state index in [4.69, 9.17) is 11.6 Å². The van der Waals surface area contributed by atoms with Gasteiger partial charge in [0, 0.05) is 16.9 Å². The average Bonchev–Trinajstić information content (AvgIpc) is 3.21. The molecule has 0 unspecified atom stereocenters. The Labute approximate surface area is 161 Å². The second-order valence-electron chi connectivity index (χ2n) is 6.11. The van der Waals surface area contributed by atoms with Crippen molar-refractivity contribution in [3.8, 4) is 0 Å². The number of carbonyl (C=O) groups excluding carboxylic acids is 2. The van der Waals surface area contributed by atoms with Crippen molar-refractivity contribution in [1.29, 1.82) is 0 Å². The molecule has 0 atom stereocenters. The Morgan fingerprint density at radius 3 is 2.67 bits per heavy atom. The smallest absolute Gasteiger partial charge is 0.271 e. The minimum atomic E-state index is -0.456. The second-order valence-corrected chi connectivity index (χ2v) is 6.51. The highest BCUT2D eigenvalue weighted by Crippen LogP contribution is 2.16. The van der Waals surface area contributed by atoms with Gasteiger partial charge in [0.2, 0.25) is 0 Å². The van der Waals surface area contributed by atoms with Gasteiger partial charge < -0.3 is 0 Å². The van der Waals surface area contributed by atoms with Crippen molar-refractivity contribution in [1.82, 2.24) is 30.4 Å². The van der Waals surface area contributed by atoms with Gasteiger partial charge in [-0.3, -0.25) is 29.8 Å². The summed E-state index contributed by atoms with van der Waals surface area (Å²) in [5.41, 5.74) is 7.67. The first-order valence-corrected chi connectivity index (χ1v) is 8.66. The zero-order valence-corrected chi connectivity index (χ0v) is 15.7. The number of nitrogens with zero attached hydrogens (tertiary/aromatic N) is 4. The Hall–Kier alpha value is -3.13. The first kappa shape index (κ1) is 18.7. The van der Waals surface area contributed by atoms with E-state index in [-0.39, 0.29) is 12.5 Å². The number of benzene rings is 1. The van der Waals surface area contributed by atoms with Crippen LogP contribution in [0.3, 0.4) is 0 Å². The summed E-state index contributed by atoms with van der Waals surface area (Å²) in [6, 6.07) is 9.30. The molecule has 0 aliphatic carbocycles. The van der Waals surface area contributed by atoms with E-state index in [0.29, 0.717) is 17.1 Å². The van der Waals surface area contributed by atoms with Crippen molar-refractivity contribution in [3.63, 3.8) is 0 Å². The zero-order valence-electron chi connectivity index (χ0n) is 14.9. The Morgan fingerprint density at radius 2 is 1.96 bits per heavy atom. The Kier molecular flexibility index (Phi) is 5.56. The molecule has 0 saturated carbocycles. The van der Waals surface area contributed by atoms with Crippen LogP contribution in [-0.2, 0) is 17.9 Å². The van der Waals surface area contributed by atoms with Crippen LogP contribution < -0.4 is 10.9 Å². The number of nitrogens with one attached hydrogen (secondary N) is 2. The van der Waals surface area contributed by atoms with Gasteiger partial charge in [-0.2, -0.15) is 10.2 Å². The van der Waals surface area contributed by atoms with Gasteiger partial charge in [-0.25, -0.2) is 0 Å². The third kappa shape index (κ3) is 4.73. The van der Waals surface area contributed by atoms with Gasteiger partial charge in [0.1, 0.15) is 6.54 Å². The van der Waals surface area contributed by atoms with Crippen molar-refractivity contribution in [2.45, 2.75) is 26.9 Å². The molecule has 2 aromatic heterocycles. The highest BCUT2D eigenvalue weighted by atomic mass is 35.5. The summed E-state index contributed by atoms with van der Waals surface area (Å²) in [5, 5.41) is 8.99. The minimum Gasteiger partial charge on any atom is -0.271 e. The number of rotatable bonds is 5. The molecule has 3 aromatic rings. The van der Waals surface area contributed by atoms with Crippen molar-refractivity contribution in [2.75, 3.05) is 0 Å². The van der Waals surface area contributed by atoms with Gasteiger partial charge in [0.15, 0.2) is 0 Å². The quantitative estimate of drug-likeness (QED) is 0.654. The summed E-state index contributed by atoms with van der Waals surface area (Å²) >= 11 is 6.13. The van der Waals surface area contributed by atoms with Crippen molar-refractivity contribution >= 4 is 23.4 Å². The third-order valence-corrected chi connectivity index (χ3v) is 4.27. The summed E-state index contributed by atoms with van der Waals surface area (Å²) in [4.78, 5) is 24.1. The maximum absolute atomic E-state index is 12.2. The molecule has 1 aromatic carbocycles. The lowest BCUT2D eigenvalue weighted by Gasteiger charge is -2.07. The monoisotopic (exact) mass is 386 g/mol. The maximum Gasteiger partial charge on any atom is 0.272 e. The molecular formula is C18H19ClN6O2. The van der Waals surface area contributed by atoms with Crippen LogP contribution in [0.25, 0.3) is 0 Å². The van der Waals surface area contributed by atoms with Crippen LogP contribution in [0.1, 0.15) is 27.3 Å². The van der Waals surface area contributed by atoms with Gasteiger partial charge in [-0.1, -0.05) is 29.8 Å². The highest BCUT2D eigenvalue weighted by molar-refractivity contribution is 6.31. The molecule has 140 valence electrons. The first-order chi connectivity index (χ1) is 12.9. The maximum atomic E-state index is 12.2. The summed E-state index contributed by atoms with van der Waals surface area (Å²) in [7, 11) is 0. The first-order valence-electron chi connectivity index (χ1n) is 8.28. The van der Waals surface area contributed by atoms with E-state index in [2.05, 4.69) is 21.0 Å². The van der Waals surface area contributed by atoms with E-state index < -0.39 is 5.91 Å². The number of aryl methyl sites for hydroxylation is 2. The number of halogens is 1. The van der Waals surface area contributed by atoms with E-state index >= 15 is 0 Å². The lowest BCUT2D eigenvalue weighted by atomic mass is 10.2. The van der Waals surface area contributed by atoms with Gasteiger partial charge in [0.25, 0.3) is 11.8 Å². The molecule has 0 bridgehead atoms. The lowest BCUT2D eigenvalue weighted by molar-refractivity contribution is -0.122. The standard InChI is InChI=1S/C18H19ClN6O2/c1-12-7-13(2)25(23-12)11-17(26)21-22-18(27)15-8-20-24(10-15)9-14-5-3-4-6-16(14)19/h3-8,10H,9,11H2,1-2H3,(H,21,26)(H,22,27). The number of hydrazine groups is 1. The summed E-state index contributed by atoms with van der Waals surface area (Å²) in [5.74, 6) is -0.833. The van der Waals surface area contributed by atoms with Crippen LogP contribution in [0.15, 0.2) is 42.7 Å². The molecule has 27 heavy (non-hydrogen) atoms. The fourth-order valence-electron chi connectivity index (χ4n) is 2.58. The van der Waals surface area contributed by atoms with Gasteiger partial charge >= 0.3 is 0 Å². The number of hydrogen-bond acceptors (Lipinski definition) is 4. The molecule has 8 nitrogen and oxygen atoms in total. The number of hydrogen-bond donors (Lipinski definition) is 2. The predicted octanol–water partition coefficient (Wildman–Crippen LogP) is 1.86. The second kappa shape index (κ2) is 8.05. The highest BCUT2D eigenvalue weighted by Gasteiger charge is 2.12. The SMILES string of the molecule is Cc1cc(C)n(CC(=O)NNC(=O)c2cnn(Cc3ccccc3Cl)c2)n1. The predicted molar refractivity (Wildman–Crippen MR) is 100 cm³/mol. The lowest BCUT2D eigenvalue weighted by Crippen LogP contribution is -2.43. The van der Waals surface area contributed by atoms with Gasteiger partial charge in [-0.05, 0) is 31.5 Å². The molecule has 0 saturated heterocycles. The Morgan fingerprint density at radius 1 is 1.19 bits per heavy atom. The van der Waals surface area contributed by atoms with Crippen LogP contribution in [0.2, 0.25) is 5.02 Å². The minimum absolute atomic E-state index is 0.0196. The third-order valence-electron chi connectivity index (χ3n) is 3.90. The molecule has 9 heteroatoms. The molecule has 3 rings (SSSR count). The average molecular weight is 387 g/mol. The van der Waals surface area contributed by atoms with Crippen LogP contribution >= 0.6 is 11.6 Å². The van der Waals surface area contributed by atoms with E-state index in [9.17, 15) is 9.59 Å². The van der Waals surface area contributed by atoms with Crippen molar-refractivity contribution in [3.05, 3.63) is 70.3 Å². The zero-order chi connectivity index (χ0) is 19.4. The molecule has 0 radical (unpaired) electrons. The fourth-order valence-corrected chi connectivity index (χ4v) is 2.77. The fraction of sp³-hybridized carbons (Fsp3) is 0.222. The molecule has 2 amide bonds. The summed E-state index contributed by atoms with van der Waals surface area (Å²) in [6.45, 7) is 4.17. The number of carbonyl (C=O) groups is 2. The topological polar surface area (TPSA) is 93.8 Å². The van der Waals surface area contributed by atoms with Gasteiger partial charge in [-0.15, -0.1) is 0 Å². The van der Waals surface area contributed by atoms with Gasteiger partial charge in [0.05, 0.1) is 24.0 Å². The number of aromatic nitrogens is 4. The Bertz CT molecular complexity index is 978. The van der Waals surface area contributed by atoms with E-state index in [0.717, 1.165) is 17.0 Å². The molecule has 0 fully saturated rings. The molecule has 2 heterocycles. The molecule has 0 spiro atoms. The Balaban J connectivity index is 1.54. The molecule has 0 aliphatic heterocycles. The van der Waals surface area contributed by atoms with Crippen LogP contribution in [-0.4, -0.2) is 31.4 Å². The largest absolute Gasteiger partial charge is 0.272 e.